The van der Waals surface area contributed by atoms with Crippen LogP contribution in [0.25, 0.3) is 11.1 Å². The highest BCUT2D eigenvalue weighted by atomic mass is 16.3. The van der Waals surface area contributed by atoms with E-state index in [9.17, 15) is 4.79 Å². The molecule has 0 spiro atoms. The van der Waals surface area contributed by atoms with Gasteiger partial charge in [-0.1, -0.05) is 19.1 Å². The molecule has 0 aliphatic carbocycles. The van der Waals surface area contributed by atoms with Crippen molar-refractivity contribution < 1.29 is 9.90 Å². The van der Waals surface area contributed by atoms with Crippen LogP contribution in [0.5, 0.6) is 0 Å². The van der Waals surface area contributed by atoms with Gasteiger partial charge in [-0.25, -0.2) is 0 Å². The molecule has 0 radical (unpaired) electrons. The Balaban J connectivity index is 1.69. The van der Waals surface area contributed by atoms with Gasteiger partial charge in [0, 0.05) is 36.1 Å². The van der Waals surface area contributed by atoms with E-state index in [1.54, 1.807) is 21.8 Å². The lowest BCUT2D eigenvalue weighted by Gasteiger charge is -2.15. The Bertz CT molecular complexity index is 866. The number of nitrogens with zero attached hydrogens (tertiary/aromatic N) is 4. The van der Waals surface area contributed by atoms with Gasteiger partial charge in [-0.15, -0.1) is 0 Å². The highest BCUT2D eigenvalue weighted by Gasteiger charge is 2.15. The number of benzene rings is 1. The van der Waals surface area contributed by atoms with Crippen LogP contribution in [-0.4, -0.2) is 37.2 Å². The summed E-state index contributed by atoms with van der Waals surface area (Å²) in [6, 6.07) is 7.36. The molecule has 1 aromatic carbocycles. The fourth-order valence-electron chi connectivity index (χ4n) is 2.83. The van der Waals surface area contributed by atoms with Crippen molar-refractivity contribution in [2.75, 3.05) is 6.61 Å². The number of aliphatic hydroxyl groups is 1. The number of carbonyl (C=O) groups excluding carboxylic acids is 1. The molecule has 2 heterocycles. The second kappa shape index (κ2) is 7.97. The van der Waals surface area contributed by atoms with Gasteiger partial charge in [0.05, 0.1) is 31.6 Å². The van der Waals surface area contributed by atoms with E-state index in [2.05, 4.69) is 15.5 Å². The first-order chi connectivity index (χ1) is 12.6. The van der Waals surface area contributed by atoms with E-state index < -0.39 is 0 Å². The van der Waals surface area contributed by atoms with Crippen molar-refractivity contribution in [2.45, 2.75) is 25.9 Å². The van der Waals surface area contributed by atoms with E-state index in [4.69, 9.17) is 5.11 Å². The Morgan fingerprint density at radius 2 is 1.92 bits per heavy atom. The van der Waals surface area contributed by atoms with Crippen molar-refractivity contribution in [1.29, 1.82) is 0 Å². The molecule has 0 aliphatic heterocycles. The van der Waals surface area contributed by atoms with E-state index in [1.807, 2.05) is 50.6 Å². The van der Waals surface area contributed by atoms with Gasteiger partial charge >= 0.3 is 0 Å². The Hall–Kier alpha value is -2.93. The van der Waals surface area contributed by atoms with Gasteiger partial charge in [0.2, 0.25) is 0 Å². The van der Waals surface area contributed by atoms with Gasteiger partial charge in [-0.05, 0) is 24.1 Å². The first kappa shape index (κ1) is 17.9. The van der Waals surface area contributed by atoms with Crippen molar-refractivity contribution in [3.8, 4) is 11.1 Å². The number of rotatable bonds is 7. The fourth-order valence-corrected chi connectivity index (χ4v) is 2.83. The SMILES string of the molecule is CCC(NC(=O)c1ccc(-c2cnn(CCO)c2)cc1)c1cnn(C)c1. The monoisotopic (exact) mass is 353 g/mol. The van der Waals surface area contributed by atoms with Gasteiger partial charge in [-0.3, -0.25) is 14.2 Å². The normalized spacial score (nSPS) is 12.1. The van der Waals surface area contributed by atoms with E-state index in [0.29, 0.717) is 12.1 Å². The molecule has 0 saturated heterocycles. The molecule has 7 heteroatoms. The summed E-state index contributed by atoms with van der Waals surface area (Å²) in [6.07, 6.45) is 8.11. The molecule has 1 unspecified atom stereocenters. The fraction of sp³-hybridized carbons (Fsp3) is 0.316. The third-order valence-electron chi connectivity index (χ3n) is 4.28. The summed E-state index contributed by atoms with van der Waals surface area (Å²) in [5, 5.41) is 20.4. The van der Waals surface area contributed by atoms with Crippen molar-refractivity contribution in [3.63, 3.8) is 0 Å². The zero-order chi connectivity index (χ0) is 18.5. The van der Waals surface area contributed by atoms with Crippen molar-refractivity contribution >= 4 is 5.91 Å². The molecule has 26 heavy (non-hydrogen) atoms. The van der Waals surface area contributed by atoms with Crippen LogP contribution in [0.15, 0.2) is 49.1 Å². The molecule has 7 nitrogen and oxygen atoms in total. The number of aryl methyl sites for hydroxylation is 1. The highest BCUT2D eigenvalue weighted by molar-refractivity contribution is 5.94. The second-order valence-corrected chi connectivity index (χ2v) is 6.17. The van der Waals surface area contributed by atoms with Gasteiger partial charge in [0.25, 0.3) is 5.91 Å². The van der Waals surface area contributed by atoms with Crippen LogP contribution >= 0.6 is 0 Å². The van der Waals surface area contributed by atoms with E-state index in [1.165, 1.54) is 0 Å². The standard InChI is InChI=1S/C19H23N5O2/c1-3-18(17-11-20-23(2)12-17)22-19(26)15-6-4-14(5-7-15)16-10-21-24(13-16)8-9-25/h4-7,10-13,18,25H,3,8-9H2,1-2H3,(H,22,26). The zero-order valence-corrected chi connectivity index (χ0v) is 15.0. The maximum atomic E-state index is 12.5. The number of nitrogens with one attached hydrogen (secondary N) is 1. The van der Waals surface area contributed by atoms with E-state index in [-0.39, 0.29) is 18.6 Å². The minimum Gasteiger partial charge on any atom is -0.394 e. The maximum absolute atomic E-state index is 12.5. The van der Waals surface area contributed by atoms with Crippen LogP contribution in [0, 0.1) is 0 Å². The molecule has 3 aromatic rings. The molecule has 0 bridgehead atoms. The Kier molecular flexibility index (Phi) is 5.48. The Morgan fingerprint density at radius 1 is 1.15 bits per heavy atom. The molecule has 0 aliphatic rings. The number of aromatic nitrogens is 4. The average molecular weight is 353 g/mol. The minimum absolute atomic E-state index is 0.0513. The predicted molar refractivity (Wildman–Crippen MR) is 98.5 cm³/mol. The topological polar surface area (TPSA) is 85.0 Å². The third-order valence-corrected chi connectivity index (χ3v) is 4.28. The van der Waals surface area contributed by atoms with Crippen LogP contribution < -0.4 is 5.32 Å². The summed E-state index contributed by atoms with van der Waals surface area (Å²) in [6.45, 7) is 2.55. The molecule has 2 N–H and O–H groups in total. The smallest absolute Gasteiger partial charge is 0.251 e. The van der Waals surface area contributed by atoms with Gasteiger partial charge in [-0.2, -0.15) is 10.2 Å². The molecule has 0 fully saturated rings. The summed E-state index contributed by atoms with van der Waals surface area (Å²) in [5.41, 5.74) is 3.53. The number of hydrogen-bond donors (Lipinski definition) is 2. The number of aliphatic hydroxyl groups excluding tert-OH is 1. The van der Waals surface area contributed by atoms with Crippen molar-refractivity contribution in [2.24, 2.45) is 7.05 Å². The summed E-state index contributed by atoms with van der Waals surface area (Å²) in [5.74, 6) is -0.108. The average Bonchev–Trinajstić information content (AvgIpc) is 3.29. The highest BCUT2D eigenvalue weighted by Crippen LogP contribution is 2.20. The van der Waals surface area contributed by atoms with Crippen LogP contribution in [0.4, 0.5) is 0 Å². The zero-order valence-electron chi connectivity index (χ0n) is 15.0. The Labute approximate surface area is 152 Å². The Morgan fingerprint density at radius 3 is 2.54 bits per heavy atom. The largest absolute Gasteiger partial charge is 0.394 e. The first-order valence-corrected chi connectivity index (χ1v) is 8.64. The van der Waals surface area contributed by atoms with Crippen LogP contribution in [0.3, 0.4) is 0 Å². The molecule has 1 atom stereocenters. The predicted octanol–water partition coefficient (Wildman–Crippen LogP) is 2.16. The lowest BCUT2D eigenvalue weighted by atomic mass is 10.1. The molecule has 0 saturated carbocycles. The van der Waals surface area contributed by atoms with Crippen LogP contribution in [-0.2, 0) is 13.6 Å². The first-order valence-electron chi connectivity index (χ1n) is 8.64. The second-order valence-electron chi connectivity index (χ2n) is 6.17. The lowest BCUT2D eigenvalue weighted by molar-refractivity contribution is 0.0935. The number of hydrogen-bond acceptors (Lipinski definition) is 4. The number of carbonyl (C=O) groups is 1. The summed E-state index contributed by atoms with van der Waals surface area (Å²) in [7, 11) is 1.86. The van der Waals surface area contributed by atoms with Crippen LogP contribution in [0.1, 0.15) is 35.3 Å². The van der Waals surface area contributed by atoms with Crippen molar-refractivity contribution in [1.82, 2.24) is 24.9 Å². The summed E-state index contributed by atoms with van der Waals surface area (Å²) >= 11 is 0. The molecular formula is C19H23N5O2. The van der Waals surface area contributed by atoms with E-state index in [0.717, 1.165) is 23.1 Å². The minimum atomic E-state index is -0.108. The molecular weight excluding hydrogens is 330 g/mol. The van der Waals surface area contributed by atoms with E-state index >= 15 is 0 Å². The maximum Gasteiger partial charge on any atom is 0.251 e. The molecule has 2 aromatic heterocycles. The third kappa shape index (κ3) is 4.00. The summed E-state index contributed by atoms with van der Waals surface area (Å²) in [4.78, 5) is 12.5. The molecule has 1 amide bonds. The molecule has 136 valence electrons. The van der Waals surface area contributed by atoms with Gasteiger partial charge in [0.15, 0.2) is 0 Å². The quantitative estimate of drug-likeness (QED) is 0.682. The summed E-state index contributed by atoms with van der Waals surface area (Å²) < 4.78 is 3.42. The number of amides is 1. The van der Waals surface area contributed by atoms with Crippen LogP contribution in [0.2, 0.25) is 0 Å². The van der Waals surface area contributed by atoms with Gasteiger partial charge in [0.1, 0.15) is 0 Å². The van der Waals surface area contributed by atoms with Crippen molar-refractivity contribution in [3.05, 3.63) is 60.2 Å². The van der Waals surface area contributed by atoms with Gasteiger partial charge < -0.3 is 10.4 Å². The lowest BCUT2D eigenvalue weighted by Crippen LogP contribution is -2.27. The molecule has 3 rings (SSSR count).